The van der Waals surface area contributed by atoms with Crippen LogP contribution in [0.2, 0.25) is 5.02 Å². The lowest BCUT2D eigenvalue weighted by Crippen LogP contribution is -2.35. The molecule has 1 aliphatic heterocycles. The zero-order valence-electron chi connectivity index (χ0n) is 10.6. The van der Waals surface area contributed by atoms with E-state index in [4.69, 9.17) is 17.3 Å². The number of halogens is 2. The Hall–Kier alpha value is -1.04. The van der Waals surface area contributed by atoms with Gasteiger partial charge in [-0.3, -0.25) is 4.99 Å². The largest absolute Gasteiger partial charge is 0.370 e. The van der Waals surface area contributed by atoms with Gasteiger partial charge in [-0.05, 0) is 45.1 Å². The van der Waals surface area contributed by atoms with Crippen LogP contribution in [0.5, 0.6) is 0 Å². The molecule has 1 aliphatic rings. The maximum absolute atomic E-state index is 6.06. The molecule has 1 unspecified atom stereocenters. The fourth-order valence-electron chi connectivity index (χ4n) is 2.30. The summed E-state index contributed by atoms with van der Waals surface area (Å²) >= 11 is 11.3. The van der Waals surface area contributed by atoms with E-state index >= 15 is 0 Å². The van der Waals surface area contributed by atoms with Gasteiger partial charge in [0.05, 0.1) is 24.2 Å². The molecule has 0 fully saturated rings. The number of hydrogen-bond donors (Lipinski definition) is 1. The van der Waals surface area contributed by atoms with Crippen LogP contribution >= 0.6 is 38.9 Å². The predicted molar refractivity (Wildman–Crippen MR) is 88.2 cm³/mol. The zero-order valence-corrected chi connectivity index (χ0v) is 13.8. The molecule has 0 amide bonds. The third-order valence-electron chi connectivity index (χ3n) is 3.33. The van der Waals surface area contributed by atoms with Gasteiger partial charge >= 0.3 is 0 Å². The molecule has 104 valence electrons. The van der Waals surface area contributed by atoms with E-state index in [9.17, 15) is 0 Å². The van der Waals surface area contributed by atoms with Crippen molar-refractivity contribution < 1.29 is 0 Å². The van der Waals surface area contributed by atoms with Crippen molar-refractivity contribution in [3.8, 4) is 0 Å². The average molecular weight is 371 g/mol. The van der Waals surface area contributed by atoms with Crippen LogP contribution in [0.15, 0.2) is 45.2 Å². The Morgan fingerprint density at radius 3 is 3.00 bits per heavy atom. The Balaban J connectivity index is 1.86. The van der Waals surface area contributed by atoms with E-state index in [1.54, 1.807) is 11.3 Å². The Kier molecular flexibility index (Phi) is 4.01. The SMILES string of the molecule is NC1=NCC(c2ccc(Cl)c(Br)c2)N1Cc1cccs1. The summed E-state index contributed by atoms with van der Waals surface area (Å²) in [5.74, 6) is 0.606. The molecule has 3 rings (SSSR count). The predicted octanol–water partition coefficient (Wildman–Crippen LogP) is 4.04. The summed E-state index contributed by atoms with van der Waals surface area (Å²) in [7, 11) is 0. The monoisotopic (exact) mass is 369 g/mol. The number of nitrogens with zero attached hydrogens (tertiary/aromatic N) is 2. The first-order valence-electron chi connectivity index (χ1n) is 6.19. The minimum Gasteiger partial charge on any atom is -0.370 e. The Morgan fingerprint density at radius 1 is 1.45 bits per heavy atom. The van der Waals surface area contributed by atoms with Gasteiger partial charge in [-0.15, -0.1) is 11.3 Å². The van der Waals surface area contributed by atoms with E-state index in [-0.39, 0.29) is 6.04 Å². The van der Waals surface area contributed by atoms with Crippen LogP contribution in [0.25, 0.3) is 0 Å². The molecule has 0 saturated heterocycles. The highest BCUT2D eigenvalue weighted by atomic mass is 79.9. The summed E-state index contributed by atoms with van der Waals surface area (Å²) in [6.45, 7) is 1.48. The number of benzene rings is 1. The molecule has 0 aliphatic carbocycles. The van der Waals surface area contributed by atoms with Gasteiger partial charge in [-0.1, -0.05) is 23.7 Å². The first kappa shape index (κ1) is 13.9. The van der Waals surface area contributed by atoms with Gasteiger partial charge in [-0.25, -0.2) is 0 Å². The van der Waals surface area contributed by atoms with Gasteiger partial charge in [0.15, 0.2) is 5.96 Å². The summed E-state index contributed by atoms with van der Waals surface area (Å²) in [5.41, 5.74) is 7.20. The summed E-state index contributed by atoms with van der Waals surface area (Å²) in [4.78, 5) is 7.81. The Bertz CT molecular complexity index is 642. The van der Waals surface area contributed by atoms with Gasteiger partial charge in [0.2, 0.25) is 0 Å². The van der Waals surface area contributed by atoms with Gasteiger partial charge in [0.25, 0.3) is 0 Å². The van der Waals surface area contributed by atoms with Crippen molar-refractivity contribution in [3.63, 3.8) is 0 Å². The number of aliphatic imine (C=N–C) groups is 1. The molecule has 0 radical (unpaired) electrons. The third-order valence-corrected chi connectivity index (χ3v) is 5.41. The number of hydrogen-bond acceptors (Lipinski definition) is 4. The van der Waals surface area contributed by atoms with Crippen molar-refractivity contribution in [1.82, 2.24) is 4.90 Å². The highest BCUT2D eigenvalue weighted by molar-refractivity contribution is 9.10. The quantitative estimate of drug-likeness (QED) is 0.886. The minimum atomic E-state index is 0.172. The molecule has 2 aromatic rings. The standard InChI is InChI=1S/C14H13BrClN3S/c15-11-6-9(3-4-12(11)16)13-7-18-14(17)19(13)8-10-2-1-5-20-10/h1-6,13H,7-8H2,(H2,17,18). The first-order valence-corrected chi connectivity index (χ1v) is 8.24. The molecule has 2 heterocycles. The normalized spacial score (nSPS) is 18.4. The van der Waals surface area contributed by atoms with E-state index in [1.165, 1.54) is 10.4 Å². The van der Waals surface area contributed by atoms with Gasteiger partial charge < -0.3 is 10.6 Å². The van der Waals surface area contributed by atoms with Crippen molar-refractivity contribution in [1.29, 1.82) is 0 Å². The van der Waals surface area contributed by atoms with Crippen molar-refractivity contribution in [2.24, 2.45) is 10.7 Å². The molecule has 2 N–H and O–H groups in total. The highest BCUT2D eigenvalue weighted by Crippen LogP contribution is 2.32. The number of rotatable bonds is 3. The van der Waals surface area contributed by atoms with Crippen LogP contribution in [0, 0.1) is 0 Å². The number of thiophene rings is 1. The summed E-state index contributed by atoms with van der Waals surface area (Å²) in [6.07, 6.45) is 0. The van der Waals surface area contributed by atoms with Crippen LogP contribution in [-0.2, 0) is 6.54 Å². The molecule has 1 aromatic heterocycles. The highest BCUT2D eigenvalue weighted by Gasteiger charge is 2.28. The lowest BCUT2D eigenvalue weighted by Gasteiger charge is -2.26. The van der Waals surface area contributed by atoms with Crippen LogP contribution in [-0.4, -0.2) is 17.4 Å². The molecule has 3 nitrogen and oxygen atoms in total. The lowest BCUT2D eigenvalue weighted by molar-refractivity contribution is 0.343. The molecule has 6 heteroatoms. The summed E-state index contributed by atoms with van der Waals surface area (Å²) in [5, 5.41) is 2.79. The molecular formula is C14H13BrClN3S. The Morgan fingerprint density at radius 2 is 2.30 bits per heavy atom. The van der Waals surface area contributed by atoms with Crippen LogP contribution in [0.3, 0.4) is 0 Å². The fraction of sp³-hybridized carbons (Fsp3) is 0.214. The molecule has 0 spiro atoms. The second-order valence-corrected chi connectivity index (χ2v) is 6.89. The molecule has 0 saturated carbocycles. The molecule has 1 aromatic carbocycles. The topological polar surface area (TPSA) is 41.6 Å². The lowest BCUT2D eigenvalue weighted by atomic mass is 10.1. The van der Waals surface area contributed by atoms with Crippen molar-refractivity contribution >= 4 is 44.8 Å². The van der Waals surface area contributed by atoms with Crippen molar-refractivity contribution in [2.75, 3.05) is 6.54 Å². The summed E-state index contributed by atoms with van der Waals surface area (Å²) in [6, 6.07) is 10.3. The fourth-order valence-corrected chi connectivity index (χ4v) is 3.51. The molecule has 1 atom stereocenters. The second-order valence-electron chi connectivity index (χ2n) is 4.60. The Labute approximate surface area is 135 Å². The second kappa shape index (κ2) is 5.76. The maximum atomic E-state index is 6.06. The van der Waals surface area contributed by atoms with E-state index in [0.29, 0.717) is 17.5 Å². The van der Waals surface area contributed by atoms with Crippen LogP contribution < -0.4 is 5.73 Å². The maximum Gasteiger partial charge on any atom is 0.192 e. The average Bonchev–Trinajstić information content (AvgIpc) is 3.05. The van der Waals surface area contributed by atoms with Gasteiger partial charge in [-0.2, -0.15) is 0 Å². The van der Waals surface area contributed by atoms with Crippen LogP contribution in [0.4, 0.5) is 0 Å². The molecule has 20 heavy (non-hydrogen) atoms. The van der Waals surface area contributed by atoms with Crippen molar-refractivity contribution in [3.05, 3.63) is 55.6 Å². The zero-order chi connectivity index (χ0) is 14.1. The summed E-state index contributed by atoms with van der Waals surface area (Å²) < 4.78 is 0.901. The van der Waals surface area contributed by atoms with E-state index in [1.807, 2.05) is 18.2 Å². The van der Waals surface area contributed by atoms with Gasteiger partial charge in [0, 0.05) is 9.35 Å². The van der Waals surface area contributed by atoms with Crippen LogP contribution in [0.1, 0.15) is 16.5 Å². The first-order chi connectivity index (χ1) is 9.65. The number of nitrogens with two attached hydrogens (primary N) is 1. The van der Waals surface area contributed by atoms with E-state index in [2.05, 4.69) is 43.3 Å². The van der Waals surface area contributed by atoms with Gasteiger partial charge in [0.1, 0.15) is 0 Å². The number of guanidine groups is 1. The smallest absolute Gasteiger partial charge is 0.192 e. The molecule has 0 bridgehead atoms. The third kappa shape index (κ3) is 2.71. The van der Waals surface area contributed by atoms with E-state index < -0.39 is 0 Å². The van der Waals surface area contributed by atoms with Crippen molar-refractivity contribution in [2.45, 2.75) is 12.6 Å². The molecular weight excluding hydrogens is 358 g/mol. The minimum absolute atomic E-state index is 0.172. The van der Waals surface area contributed by atoms with E-state index in [0.717, 1.165) is 11.0 Å².